The summed E-state index contributed by atoms with van der Waals surface area (Å²) in [6, 6.07) is 0.701. The minimum absolute atomic E-state index is 0.642. The van der Waals surface area contributed by atoms with Crippen molar-refractivity contribution in [3.8, 4) is 0 Å². The van der Waals surface area contributed by atoms with Gasteiger partial charge in [-0.1, -0.05) is 24.9 Å². The molecule has 2 aliphatic carbocycles. The number of hydrogen-bond acceptors (Lipinski definition) is 3. The molecule has 0 unspecified atom stereocenters. The first-order chi connectivity index (χ1) is 8.79. The molecule has 0 bridgehead atoms. The molecule has 98 valence electrons. The average molecular weight is 266 g/mol. The van der Waals surface area contributed by atoms with E-state index in [2.05, 4.69) is 21.8 Å². The van der Waals surface area contributed by atoms with Crippen molar-refractivity contribution in [3.05, 3.63) is 17.0 Å². The van der Waals surface area contributed by atoms with Crippen LogP contribution in [-0.2, 0) is 6.42 Å². The monoisotopic (exact) mass is 265 g/mol. The lowest BCUT2D eigenvalue weighted by atomic mass is 10.1. The summed E-state index contributed by atoms with van der Waals surface area (Å²) in [5.74, 6) is 1.99. The Labute approximate surface area is 114 Å². The first kappa shape index (κ1) is 12.2. The SMILES string of the molecule is CCCc1c(Cl)ncnc1N(CC1CC1)C1CC1. The van der Waals surface area contributed by atoms with Crippen LogP contribution in [0.1, 0.15) is 44.6 Å². The molecule has 2 aliphatic rings. The second-order valence-electron chi connectivity index (χ2n) is 5.54. The van der Waals surface area contributed by atoms with Gasteiger partial charge in [0.25, 0.3) is 0 Å². The highest BCUT2D eigenvalue weighted by atomic mass is 35.5. The smallest absolute Gasteiger partial charge is 0.137 e. The predicted molar refractivity (Wildman–Crippen MR) is 74.1 cm³/mol. The summed E-state index contributed by atoms with van der Waals surface area (Å²) >= 11 is 6.25. The molecule has 1 aromatic heterocycles. The molecule has 0 amide bonds. The van der Waals surface area contributed by atoms with Crippen molar-refractivity contribution < 1.29 is 0 Å². The Hall–Kier alpha value is -0.830. The minimum atomic E-state index is 0.642. The Bertz CT molecular complexity index is 427. The molecule has 1 heterocycles. The van der Waals surface area contributed by atoms with Crippen LogP contribution < -0.4 is 4.90 Å². The van der Waals surface area contributed by atoms with Gasteiger partial charge in [0.05, 0.1) is 0 Å². The second kappa shape index (κ2) is 5.04. The Kier molecular flexibility index (Phi) is 3.42. The highest BCUT2D eigenvalue weighted by molar-refractivity contribution is 6.30. The van der Waals surface area contributed by atoms with Crippen LogP contribution in [0.5, 0.6) is 0 Å². The lowest BCUT2D eigenvalue weighted by molar-refractivity contribution is 0.700. The summed E-state index contributed by atoms with van der Waals surface area (Å²) in [5, 5.41) is 0.642. The van der Waals surface area contributed by atoms with Crippen LogP contribution in [-0.4, -0.2) is 22.6 Å². The summed E-state index contributed by atoms with van der Waals surface area (Å²) in [7, 11) is 0. The van der Waals surface area contributed by atoms with Gasteiger partial charge in [-0.25, -0.2) is 9.97 Å². The third-order valence-electron chi connectivity index (χ3n) is 3.78. The zero-order valence-electron chi connectivity index (χ0n) is 10.9. The quantitative estimate of drug-likeness (QED) is 0.738. The third-order valence-corrected chi connectivity index (χ3v) is 4.11. The van der Waals surface area contributed by atoms with Crippen molar-refractivity contribution in [2.45, 2.75) is 51.5 Å². The number of nitrogens with zero attached hydrogens (tertiary/aromatic N) is 3. The standard InChI is InChI=1S/C14H20ClN3/c1-2-3-12-13(15)16-9-17-14(12)18(11-6-7-11)8-10-4-5-10/h9-11H,2-8H2,1H3. The molecule has 4 heteroatoms. The van der Waals surface area contributed by atoms with E-state index in [9.17, 15) is 0 Å². The van der Waals surface area contributed by atoms with Crippen LogP contribution in [0.15, 0.2) is 6.33 Å². The van der Waals surface area contributed by atoms with Gasteiger partial charge < -0.3 is 4.90 Å². The Morgan fingerprint density at radius 2 is 2.06 bits per heavy atom. The van der Waals surface area contributed by atoms with E-state index in [1.165, 1.54) is 25.7 Å². The van der Waals surface area contributed by atoms with Gasteiger partial charge in [0, 0.05) is 18.2 Å². The second-order valence-corrected chi connectivity index (χ2v) is 5.90. The molecular formula is C14H20ClN3. The van der Waals surface area contributed by atoms with E-state index in [0.29, 0.717) is 11.2 Å². The molecule has 1 aromatic rings. The molecule has 3 rings (SSSR count). The number of rotatable bonds is 6. The molecule has 0 radical (unpaired) electrons. The molecule has 2 saturated carbocycles. The van der Waals surface area contributed by atoms with Gasteiger partial charge in [0.15, 0.2) is 0 Å². The molecule has 0 spiro atoms. The fourth-order valence-corrected chi connectivity index (χ4v) is 2.69. The summed E-state index contributed by atoms with van der Waals surface area (Å²) in [4.78, 5) is 11.2. The van der Waals surface area contributed by atoms with E-state index in [4.69, 9.17) is 11.6 Å². The maximum absolute atomic E-state index is 6.25. The van der Waals surface area contributed by atoms with E-state index < -0.39 is 0 Å². The van der Waals surface area contributed by atoms with Crippen molar-refractivity contribution in [1.29, 1.82) is 0 Å². The average Bonchev–Trinajstić information content (AvgIpc) is 3.23. The highest BCUT2D eigenvalue weighted by Crippen LogP contribution is 2.39. The molecule has 0 aromatic carbocycles. The van der Waals surface area contributed by atoms with Crippen LogP contribution in [0.25, 0.3) is 0 Å². The van der Waals surface area contributed by atoms with Crippen LogP contribution in [0.3, 0.4) is 0 Å². The molecule has 0 aliphatic heterocycles. The molecule has 2 fully saturated rings. The maximum atomic E-state index is 6.25. The van der Waals surface area contributed by atoms with Gasteiger partial charge in [0.1, 0.15) is 17.3 Å². The van der Waals surface area contributed by atoms with Crippen molar-refractivity contribution in [1.82, 2.24) is 9.97 Å². The van der Waals surface area contributed by atoms with Crippen molar-refractivity contribution in [2.24, 2.45) is 5.92 Å². The largest absolute Gasteiger partial charge is 0.353 e. The van der Waals surface area contributed by atoms with Crippen molar-refractivity contribution >= 4 is 17.4 Å². The van der Waals surface area contributed by atoms with Gasteiger partial charge in [-0.2, -0.15) is 0 Å². The van der Waals surface area contributed by atoms with Crippen LogP contribution in [0, 0.1) is 5.92 Å². The number of aromatic nitrogens is 2. The Morgan fingerprint density at radius 1 is 1.28 bits per heavy atom. The van der Waals surface area contributed by atoms with Gasteiger partial charge >= 0.3 is 0 Å². The van der Waals surface area contributed by atoms with Gasteiger partial charge in [0.2, 0.25) is 0 Å². The zero-order valence-corrected chi connectivity index (χ0v) is 11.7. The van der Waals surface area contributed by atoms with E-state index in [1.807, 2.05) is 0 Å². The lowest BCUT2D eigenvalue weighted by Crippen LogP contribution is -2.30. The highest BCUT2D eigenvalue weighted by Gasteiger charge is 2.35. The third kappa shape index (κ3) is 2.61. The molecule has 0 atom stereocenters. The van der Waals surface area contributed by atoms with Crippen LogP contribution in [0.2, 0.25) is 5.15 Å². The molecule has 3 nitrogen and oxygen atoms in total. The van der Waals surface area contributed by atoms with Crippen LogP contribution in [0.4, 0.5) is 5.82 Å². The summed E-state index contributed by atoms with van der Waals surface area (Å²) in [6.45, 7) is 3.34. The molecule has 0 saturated heterocycles. The normalized spacial score (nSPS) is 19.0. The molecular weight excluding hydrogens is 246 g/mol. The number of anilines is 1. The predicted octanol–water partition coefficient (Wildman–Crippen LogP) is 3.46. The van der Waals surface area contributed by atoms with E-state index >= 15 is 0 Å². The Balaban J connectivity index is 1.88. The number of halogens is 1. The van der Waals surface area contributed by atoms with Gasteiger partial charge in [-0.3, -0.25) is 0 Å². The van der Waals surface area contributed by atoms with Crippen molar-refractivity contribution in [3.63, 3.8) is 0 Å². The zero-order chi connectivity index (χ0) is 12.5. The van der Waals surface area contributed by atoms with Crippen LogP contribution >= 0.6 is 11.6 Å². The fourth-order valence-electron chi connectivity index (χ4n) is 2.47. The maximum Gasteiger partial charge on any atom is 0.137 e. The van der Waals surface area contributed by atoms with E-state index in [0.717, 1.165) is 36.7 Å². The van der Waals surface area contributed by atoms with Gasteiger partial charge in [-0.15, -0.1) is 0 Å². The summed E-state index contributed by atoms with van der Waals surface area (Å²) in [5.41, 5.74) is 1.15. The van der Waals surface area contributed by atoms with E-state index in [1.54, 1.807) is 6.33 Å². The molecule has 0 N–H and O–H groups in total. The first-order valence-electron chi connectivity index (χ1n) is 7.05. The topological polar surface area (TPSA) is 29.0 Å². The minimum Gasteiger partial charge on any atom is -0.353 e. The number of hydrogen-bond donors (Lipinski definition) is 0. The van der Waals surface area contributed by atoms with E-state index in [-0.39, 0.29) is 0 Å². The molecule has 18 heavy (non-hydrogen) atoms. The summed E-state index contributed by atoms with van der Waals surface area (Å²) in [6.07, 6.45) is 9.04. The van der Waals surface area contributed by atoms with Crippen molar-refractivity contribution in [2.75, 3.05) is 11.4 Å². The lowest BCUT2D eigenvalue weighted by Gasteiger charge is -2.26. The first-order valence-corrected chi connectivity index (χ1v) is 7.43. The van der Waals surface area contributed by atoms with Gasteiger partial charge in [-0.05, 0) is 38.0 Å². The fraction of sp³-hybridized carbons (Fsp3) is 0.714. The summed E-state index contributed by atoms with van der Waals surface area (Å²) < 4.78 is 0. The Morgan fingerprint density at radius 3 is 2.67 bits per heavy atom.